The molecule has 0 atom stereocenters. The first-order valence-electron chi connectivity index (χ1n) is 8.05. The SMILES string of the molecule is CCCOC(=O)c1c(CCC)n(C)c(-c2ccccc2)cc1=O. The average Bonchev–Trinajstić information content (AvgIpc) is 2.56. The molecule has 0 aliphatic carbocycles. The van der Waals surface area contributed by atoms with Crippen LogP contribution < -0.4 is 5.43 Å². The van der Waals surface area contributed by atoms with E-state index < -0.39 is 5.97 Å². The van der Waals surface area contributed by atoms with Gasteiger partial charge in [-0.05, 0) is 18.4 Å². The van der Waals surface area contributed by atoms with Gasteiger partial charge < -0.3 is 9.30 Å². The van der Waals surface area contributed by atoms with Crippen molar-refractivity contribution in [3.8, 4) is 11.3 Å². The molecule has 0 N–H and O–H groups in total. The first kappa shape index (κ1) is 17.0. The Kier molecular flexibility index (Phi) is 5.74. The van der Waals surface area contributed by atoms with Crippen LogP contribution in [0.3, 0.4) is 0 Å². The largest absolute Gasteiger partial charge is 0.462 e. The Morgan fingerprint density at radius 1 is 1.13 bits per heavy atom. The molecule has 2 aromatic rings. The molecule has 2 rings (SSSR count). The number of carbonyl (C=O) groups excluding carboxylic acids is 1. The molecule has 0 amide bonds. The molecule has 122 valence electrons. The Morgan fingerprint density at radius 3 is 2.43 bits per heavy atom. The monoisotopic (exact) mass is 313 g/mol. The number of carbonyl (C=O) groups is 1. The van der Waals surface area contributed by atoms with Gasteiger partial charge in [0.1, 0.15) is 5.56 Å². The number of nitrogens with zero attached hydrogens (tertiary/aromatic N) is 1. The van der Waals surface area contributed by atoms with Crippen molar-refractivity contribution in [3.63, 3.8) is 0 Å². The fourth-order valence-electron chi connectivity index (χ4n) is 2.65. The molecular weight excluding hydrogens is 290 g/mol. The third kappa shape index (κ3) is 3.70. The molecule has 0 aliphatic rings. The topological polar surface area (TPSA) is 48.3 Å². The molecule has 0 fully saturated rings. The van der Waals surface area contributed by atoms with Gasteiger partial charge in [0.2, 0.25) is 0 Å². The van der Waals surface area contributed by atoms with Crippen LogP contribution in [0, 0.1) is 0 Å². The quantitative estimate of drug-likeness (QED) is 0.766. The van der Waals surface area contributed by atoms with Gasteiger partial charge in [0.05, 0.1) is 12.3 Å². The first-order valence-corrected chi connectivity index (χ1v) is 8.05. The van der Waals surface area contributed by atoms with Crippen LogP contribution in [0.5, 0.6) is 0 Å². The summed E-state index contributed by atoms with van der Waals surface area (Å²) in [7, 11) is 1.89. The minimum absolute atomic E-state index is 0.169. The fourth-order valence-corrected chi connectivity index (χ4v) is 2.65. The lowest BCUT2D eigenvalue weighted by Crippen LogP contribution is -2.25. The first-order chi connectivity index (χ1) is 11.1. The van der Waals surface area contributed by atoms with E-state index in [2.05, 4.69) is 0 Å². The number of benzene rings is 1. The lowest BCUT2D eigenvalue weighted by molar-refractivity contribution is 0.0501. The number of rotatable bonds is 6. The lowest BCUT2D eigenvalue weighted by atomic mass is 10.0. The van der Waals surface area contributed by atoms with Crippen LogP contribution in [-0.4, -0.2) is 17.1 Å². The number of aromatic nitrogens is 1. The molecule has 0 aliphatic heterocycles. The van der Waals surface area contributed by atoms with Crippen molar-refractivity contribution in [1.82, 2.24) is 4.57 Å². The number of pyridine rings is 1. The van der Waals surface area contributed by atoms with E-state index in [1.54, 1.807) is 0 Å². The Balaban J connectivity index is 2.59. The summed E-state index contributed by atoms with van der Waals surface area (Å²) < 4.78 is 7.13. The molecule has 0 radical (unpaired) electrons. The Morgan fingerprint density at radius 2 is 1.83 bits per heavy atom. The van der Waals surface area contributed by atoms with Crippen molar-refractivity contribution in [2.45, 2.75) is 33.1 Å². The van der Waals surface area contributed by atoms with Gasteiger partial charge >= 0.3 is 5.97 Å². The highest BCUT2D eigenvalue weighted by Gasteiger charge is 2.21. The summed E-state index contributed by atoms with van der Waals surface area (Å²) in [5.41, 5.74) is 2.40. The van der Waals surface area contributed by atoms with Crippen molar-refractivity contribution in [3.05, 3.63) is 57.9 Å². The lowest BCUT2D eigenvalue weighted by Gasteiger charge is -2.17. The standard InChI is InChI=1S/C19H23NO3/c1-4-9-15-18(19(22)23-12-5-2)17(21)13-16(20(15)3)14-10-7-6-8-11-14/h6-8,10-11,13H,4-5,9,12H2,1-3H3. The zero-order chi connectivity index (χ0) is 16.8. The summed E-state index contributed by atoms with van der Waals surface area (Å²) in [4.78, 5) is 24.8. The number of ether oxygens (including phenoxy) is 1. The molecule has 0 saturated carbocycles. The molecule has 0 unspecified atom stereocenters. The zero-order valence-electron chi connectivity index (χ0n) is 14.0. The van der Waals surface area contributed by atoms with Crippen LogP contribution in [0.2, 0.25) is 0 Å². The summed E-state index contributed by atoms with van der Waals surface area (Å²) in [6.07, 6.45) is 2.24. The fraction of sp³-hybridized carbons (Fsp3) is 0.368. The van der Waals surface area contributed by atoms with Crippen LogP contribution in [0.1, 0.15) is 42.7 Å². The third-order valence-electron chi connectivity index (χ3n) is 3.77. The van der Waals surface area contributed by atoms with E-state index in [1.807, 2.05) is 55.8 Å². The number of hydrogen-bond acceptors (Lipinski definition) is 3. The molecular formula is C19H23NO3. The highest BCUT2D eigenvalue weighted by Crippen LogP contribution is 2.21. The molecule has 0 bridgehead atoms. The molecule has 1 heterocycles. The predicted octanol–water partition coefficient (Wildman–Crippen LogP) is 3.57. The Labute approximate surface area is 136 Å². The summed E-state index contributed by atoms with van der Waals surface area (Å²) in [6, 6.07) is 11.2. The highest BCUT2D eigenvalue weighted by atomic mass is 16.5. The second-order valence-electron chi connectivity index (χ2n) is 5.53. The second kappa shape index (κ2) is 7.77. The second-order valence-corrected chi connectivity index (χ2v) is 5.53. The molecule has 4 heteroatoms. The summed E-state index contributed by atoms with van der Waals surface area (Å²) in [6.45, 7) is 4.28. The maximum Gasteiger partial charge on any atom is 0.343 e. The molecule has 1 aromatic carbocycles. The van der Waals surface area contributed by atoms with Gasteiger partial charge in [0.25, 0.3) is 0 Å². The van der Waals surface area contributed by atoms with E-state index in [9.17, 15) is 9.59 Å². The predicted molar refractivity (Wildman–Crippen MR) is 91.7 cm³/mol. The molecule has 1 aromatic heterocycles. The van der Waals surface area contributed by atoms with Crippen LogP contribution in [0.25, 0.3) is 11.3 Å². The van der Waals surface area contributed by atoms with Crippen LogP contribution in [-0.2, 0) is 18.2 Å². The summed E-state index contributed by atoms with van der Waals surface area (Å²) >= 11 is 0. The van der Waals surface area contributed by atoms with E-state index in [-0.39, 0.29) is 11.0 Å². The minimum Gasteiger partial charge on any atom is -0.462 e. The van der Waals surface area contributed by atoms with Gasteiger partial charge in [0.15, 0.2) is 5.43 Å². The molecule has 4 nitrogen and oxygen atoms in total. The van der Waals surface area contributed by atoms with Crippen LogP contribution in [0.4, 0.5) is 0 Å². The van der Waals surface area contributed by atoms with Crippen LogP contribution >= 0.6 is 0 Å². The van der Waals surface area contributed by atoms with E-state index in [4.69, 9.17) is 4.74 Å². The van der Waals surface area contributed by atoms with Crippen molar-refractivity contribution in [2.75, 3.05) is 6.61 Å². The van der Waals surface area contributed by atoms with Crippen molar-refractivity contribution in [1.29, 1.82) is 0 Å². The van der Waals surface area contributed by atoms with Gasteiger partial charge in [0, 0.05) is 18.8 Å². The molecule has 0 saturated heterocycles. The van der Waals surface area contributed by atoms with Gasteiger partial charge in [-0.15, -0.1) is 0 Å². The molecule has 0 spiro atoms. The smallest absolute Gasteiger partial charge is 0.343 e. The normalized spacial score (nSPS) is 10.6. The van der Waals surface area contributed by atoms with Gasteiger partial charge in [-0.3, -0.25) is 4.79 Å². The Bertz CT molecular complexity index is 732. The maximum absolute atomic E-state index is 12.6. The number of hydrogen-bond donors (Lipinski definition) is 0. The van der Waals surface area contributed by atoms with Crippen molar-refractivity contribution < 1.29 is 9.53 Å². The van der Waals surface area contributed by atoms with Gasteiger partial charge in [-0.2, -0.15) is 0 Å². The van der Waals surface area contributed by atoms with E-state index in [0.717, 1.165) is 29.8 Å². The van der Waals surface area contributed by atoms with Gasteiger partial charge in [-0.25, -0.2) is 4.79 Å². The van der Waals surface area contributed by atoms with Crippen molar-refractivity contribution >= 4 is 5.97 Å². The zero-order valence-corrected chi connectivity index (χ0v) is 14.0. The molecule has 23 heavy (non-hydrogen) atoms. The van der Waals surface area contributed by atoms with E-state index >= 15 is 0 Å². The minimum atomic E-state index is -0.518. The van der Waals surface area contributed by atoms with E-state index in [0.29, 0.717) is 13.0 Å². The van der Waals surface area contributed by atoms with Gasteiger partial charge in [-0.1, -0.05) is 50.6 Å². The summed E-state index contributed by atoms with van der Waals surface area (Å²) in [5, 5.41) is 0. The highest BCUT2D eigenvalue weighted by molar-refractivity contribution is 5.91. The van der Waals surface area contributed by atoms with Crippen molar-refractivity contribution in [2.24, 2.45) is 7.05 Å². The average molecular weight is 313 g/mol. The van der Waals surface area contributed by atoms with E-state index in [1.165, 1.54) is 6.07 Å². The number of esters is 1. The maximum atomic E-state index is 12.6. The van der Waals surface area contributed by atoms with Crippen LogP contribution in [0.15, 0.2) is 41.2 Å². The third-order valence-corrected chi connectivity index (χ3v) is 3.77. The Hall–Kier alpha value is -2.36. The summed E-state index contributed by atoms with van der Waals surface area (Å²) in [5.74, 6) is -0.518.